The molecule has 0 radical (unpaired) electrons. The van der Waals surface area contributed by atoms with Crippen molar-refractivity contribution in [3.8, 4) is 17.2 Å². The van der Waals surface area contributed by atoms with Crippen LogP contribution in [0.25, 0.3) is 0 Å². The molecule has 0 aliphatic heterocycles. The Kier molecular flexibility index (Phi) is 6.05. The van der Waals surface area contributed by atoms with Crippen molar-refractivity contribution in [2.75, 3.05) is 5.32 Å². The van der Waals surface area contributed by atoms with Gasteiger partial charge in [0.25, 0.3) is 5.91 Å². The third kappa shape index (κ3) is 5.07. The Morgan fingerprint density at radius 2 is 1.59 bits per heavy atom. The third-order valence-electron chi connectivity index (χ3n) is 3.87. The molecule has 0 heterocycles. The number of benzene rings is 3. The molecule has 1 amide bonds. The highest BCUT2D eigenvalue weighted by Gasteiger charge is 2.20. The van der Waals surface area contributed by atoms with Crippen molar-refractivity contribution in [2.45, 2.75) is 19.4 Å². The molecule has 0 spiro atoms. The highest BCUT2D eigenvalue weighted by molar-refractivity contribution is 5.95. The maximum absolute atomic E-state index is 13.0. The van der Waals surface area contributed by atoms with E-state index < -0.39 is 6.10 Å². The Morgan fingerprint density at radius 3 is 2.30 bits per heavy atom. The molecule has 1 N–H and O–H groups in total. The molecule has 27 heavy (non-hydrogen) atoms. The molecule has 138 valence electrons. The lowest BCUT2D eigenvalue weighted by Gasteiger charge is -2.18. The summed E-state index contributed by atoms with van der Waals surface area (Å²) in [7, 11) is 0. The number of nitrogens with one attached hydrogen (secondary N) is 1. The Bertz CT molecular complexity index is 882. The van der Waals surface area contributed by atoms with Crippen molar-refractivity contribution in [1.29, 1.82) is 0 Å². The van der Waals surface area contributed by atoms with Crippen molar-refractivity contribution in [2.24, 2.45) is 0 Å². The Balaban J connectivity index is 1.71. The van der Waals surface area contributed by atoms with Gasteiger partial charge in [-0.3, -0.25) is 4.79 Å². The second kappa shape index (κ2) is 8.85. The van der Waals surface area contributed by atoms with Gasteiger partial charge in [0.05, 0.1) is 5.69 Å². The molecule has 0 fully saturated rings. The largest absolute Gasteiger partial charge is 0.481 e. The minimum atomic E-state index is -0.708. The van der Waals surface area contributed by atoms with Gasteiger partial charge in [-0.25, -0.2) is 4.39 Å². The Labute approximate surface area is 157 Å². The molecule has 0 aromatic heterocycles. The molecule has 3 aromatic rings. The lowest BCUT2D eigenvalue weighted by atomic mass is 10.2. The van der Waals surface area contributed by atoms with Crippen molar-refractivity contribution >= 4 is 11.6 Å². The van der Waals surface area contributed by atoms with Crippen LogP contribution in [0.5, 0.6) is 17.2 Å². The molecule has 5 heteroatoms. The van der Waals surface area contributed by atoms with E-state index in [2.05, 4.69) is 5.32 Å². The van der Waals surface area contributed by atoms with Crippen LogP contribution in [-0.4, -0.2) is 12.0 Å². The minimum Gasteiger partial charge on any atom is -0.481 e. The fourth-order valence-corrected chi connectivity index (χ4v) is 2.49. The monoisotopic (exact) mass is 365 g/mol. The van der Waals surface area contributed by atoms with Crippen molar-refractivity contribution in [3.05, 3.63) is 84.7 Å². The molecule has 0 bridgehead atoms. The molecule has 0 saturated heterocycles. The fraction of sp³-hybridized carbons (Fsp3) is 0.136. The number of ether oxygens (including phenoxy) is 2. The van der Waals surface area contributed by atoms with Crippen LogP contribution in [0.3, 0.4) is 0 Å². The number of hydrogen-bond donors (Lipinski definition) is 1. The first kappa shape index (κ1) is 18.5. The lowest BCUT2D eigenvalue weighted by molar-refractivity contribution is -0.122. The summed E-state index contributed by atoms with van der Waals surface area (Å²) in [5.41, 5.74) is 0.549. The topological polar surface area (TPSA) is 47.6 Å². The predicted molar refractivity (Wildman–Crippen MR) is 103 cm³/mol. The summed E-state index contributed by atoms with van der Waals surface area (Å²) in [5.74, 6) is 0.993. The quantitative estimate of drug-likeness (QED) is 0.609. The van der Waals surface area contributed by atoms with E-state index in [0.29, 0.717) is 29.4 Å². The van der Waals surface area contributed by atoms with Gasteiger partial charge >= 0.3 is 0 Å². The first-order chi connectivity index (χ1) is 13.2. The van der Waals surface area contributed by atoms with E-state index in [9.17, 15) is 9.18 Å². The normalized spacial score (nSPS) is 11.5. The molecule has 0 aliphatic carbocycles. The maximum Gasteiger partial charge on any atom is 0.265 e. The van der Waals surface area contributed by atoms with E-state index >= 15 is 0 Å². The predicted octanol–water partition coefficient (Wildman–Crippen LogP) is 5.41. The lowest BCUT2D eigenvalue weighted by Crippen LogP contribution is -2.32. The zero-order valence-electron chi connectivity index (χ0n) is 14.9. The van der Waals surface area contributed by atoms with Crippen LogP contribution in [-0.2, 0) is 4.79 Å². The number of hydrogen-bond acceptors (Lipinski definition) is 3. The second-order valence-electron chi connectivity index (χ2n) is 5.87. The van der Waals surface area contributed by atoms with Crippen LogP contribution in [0.4, 0.5) is 10.1 Å². The number of halogens is 1. The van der Waals surface area contributed by atoms with E-state index in [1.807, 2.05) is 49.4 Å². The average Bonchev–Trinajstić information content (AvgIpc) is 2.70. The van der Waals surface area contributed by atoms with Gasteiger partial charge in [0.15, 0.2) is 11.9 Å². The van der Waals surface area contributed by atoms with E-state index in [0.717, 1.165) is 0 Å². The van der Waals surface area contributed by atoms with Gasteiger partial charge in [-0.05, 0) is 55.0 Å². The number of para-hydroxylation sites is 3. The highest BCUT2D eigenvalue weighted by atomic mass is 19.1. The maximum atomic E-state index is 13.0. The van der Waals surface area contributed by atoms with Gasteiger partial charge in [0.2, 0.25) is 0 Å². The SMILES string of the molecule is CC[C@@H](Oc1ccc(F)cc1)C(=O)Nc1ccccc1Oc1ccccc1. The van der Waals surface area contributed by atoms with Crippen LogP contribution in [0, 0.1) is 5.82 Å². The molecule has 0 saturated carbocycles. The smallest absolute Gasteiger partial charge is 0.265 e. The fourth-order valence-electron chi connectivity index (χ4n) is 2.49. The van der Waals surface area contributed by atoms with Gasteiger partial charge in [-0.1, -0.05) is 37.3 Å². The first-order valence-electron chi connectivity index (χ1n) is 8.70. The third-order valence-corrected chi connectivity index (χ3v) is 3.87. The molecule has 3 rings (SSSR count). The van der Waals surface area contributed by atoms with Gasteiger partial charge in [0, 0.05) is 0 Å². The van der Waals surface area contributed by atoms with Crippen LogP contribution in [0.15, 0.2) is 78.9 Å². The highest BCUT2D eigenvalue weighted by Crippen LogP contribution is 2.29. The summed E-state index contributed by atoms with van der Waals surface area (Å²) in [6.45, 7) is 1.85. The molecule has 0 aliphatic rings. The van der Waals surface area contributed by atoms with E-state index in [1.165, 1.54) is 24.3 Å². The van der Waals surface area contributed by atoms with Crippen LogP contribution in [0.1, 0.15) is 13.3 Å². The molecule has 4 nitrogen and oxygen atoms in total. The number of anilines is 1. The minimum absolute atomic E-state index is 0.300. The number of rotatable bonds is 7. The van der Waals surface area contributed by atoms with Gasteiger partial charge in [-0.15, -0.1) is 0 Å². The summed E-state index contributed by atoms with van der Waals surface area (Å²) >= 11 is 0. The standard InChI is InChI=1S/C22H20FNO3/c1-2-20(26-18-14-12-16(23)13-15-18)22(25)24-19-10-6-7-11-21(19)27-17-8-4-3-5-9-17/h3-15,20H,2H2,1H3,(H,24,25)/t20-/m1/s1. The van der Waals surface area contributed by atoms with Gasteiger partial charge < -0.3 is 14.8 Å². The zero-order valence-corrected chi connectivity index (χ0v) is 14.9. The van der Waals surface area contributed by atoms with Crippen LogP contribution >= 0.6 is 0 Å². The van der Waals surface area contributed by atoms with Crippen LogP contribution in [0.2, 0.25) is 0 Å². The molecular formula is C22H20FNO3. The van der Waals surface area contributed by atoms with E-state index in [1.54, 1.807) is 12.1 Å². The number of carbonyl (C=O) groups is 1. The molecule has 0 unspecified atom stereocenters. The van der Waals surface area contributed by atoms with Crippen molar-refractivity contribution < 1.29 is 18.7 Å². The Hall–Kier alpha value is -3.34. The van der Waals surface area contributed by atoms with Crippen molar-refractivity contribution in [3.63, 3.8) is 0 Å². The summed E-state index contributed by atoms with van der Waals surface area (Å²) in [4.78, 5) is 12.7. The summed E-state index contributed by atoms with van der Waals surface area (Å²) in [6, 6.07) is 22.1. The summed E-state index contributed by atoms with van der Waals surface area (Å²) < 4.78 is 24.6. The summed E-state index contributed by atoms with van der Waals surface area (Å²) in [5, 5.41) is 2.85. The molecular weight excluding hydrogens is 345 g/mol. The van der Waals surface area contributed by atoms with E-state index in [4.69, 9.17) is 9.47 Å². The van der Waals surface area contributed by atoms with Crippen LogP contribution < -0.4 is 14.8 Å². The van der Waals surface area contributed by atoms with Gasteiger partial charge in [0.1, 0.15) is 17.3 Å². The van der Waals surface area contributed by atoms with E-state index in [-0.39, 0.29) is 11.7 Å². The summed E-state index contributed by atoms with van der Waals surface area (Å²) in [6.07, 6.45) is -0.245. The average molecular weight is 365 g/mol. The van der Waals surface area contributed by atoms with Gasteiger partial charge in [-0.2, -0.15) is 0 Å². The Morgan fingerprint density at radius 1 is 0.926 bits per heavy atom. The van der Waals surface area contributed by atoms with Crippen molar-refractivity contribution in [1.82, 2.24) is 0 Å². The number of amides is 1. The molecule has 1 atom stereocenters. The zero-order chi connectivity index (χ0) is 19.1. The number of carbonyl (C=O) groups excluding carboxylic acids is 1. The second-order valence-corrected chi connectivity index (χ2v) is 5.87. The molecule has 3 aromatic carbocycles. The first-order valence-corrected chi connectivity index (χ1v) is 8.70.